The van der Waals surface area contributed by atoms with Crippen LogP contribution in [0.1, 0.15) is 64.4 Å². The van der Waals surface area contributed by atoms with Gasteiger partial charge in [-0.1, -0.05) is 51.2 Å². The minimum absolute atomic E-state index is 0.113. The predicted molar refractivity (Wildman–Crippen MR) is 110 cm³/mol. The molecule has 0 fully saturated rings. The monoisotopic (exact) mass is 387 g/mol. The molecule has 7 nitrogen and oxygen atoms in total. The number of carbonyl (C=O) groups excluding carboxylic acids is 2. The number of carboxylic acids is 1. The number of carbonyl (C=O) groups is 3. The van der Waals surface area contributed by atoms with Gasteiger partial charge in [0.25, 0.3) is 0 Å². The van der Waals surface area contributed by atoms with Crippen molar-refractivity contribution < 1.29 is 19.5 Å². The van der Waals surface area contributed by atoms with Gasteiger partial charge in [-0.15, -0.1) is 0 Å². The van der Waals surface area contributed by atoms with Gasteiger partial charge in [-0.05, 0) is 31.0 Å². The number of unbranched alkanes of at least 4 members (excludes halogenated alkanes) is 5. The number of hydrogen-bond donors (Lipinski definition) is 3. The highest BCUT2D eigenvalue weighted by Crippen LogP contribution is 2.12. The topological polar surface area (TPSA) is 108 Å². The summed E-state index contributed by atoms with van der Waals surface area (Å²) >= 11 is 0. The van der Waals surface area contributed by atoms with Crippen LogP contribution >= 0.6 is 0 Å². The molecule has 7 heteroatoms. The lowest BCUT2D eigenvalue weighted by atomic mass is 10.1. The maximum atomic E-state index is 11.9. The van der Waals surface area contributed by atoms with Crippen molar-refractivity contribution in [1.29, 1.82) is 0 Å². The molecule has 0 aliphatic carbocycles. The van der Waals surface area contributed by atoms with Gasteiger partial charge in [0.15, 0.2) is 0 Å². The third kappa shape index (κ3) is 10.3. The number of nitrogens with zero attached hydrogens (tertiary/aromatic N) is 1. The van der Waals surface area contributed by atoms with Gasteiger partial charge in [0.1, 0.15) is 0 Å². The molecule has 0 unspecified atom stereocenters. The lowest BCUT2D eigenvalue weighted by Crippen LogP contribution is -2.19. The van der Waals surface area contributed by atoms with E-state index in [1.54, 1.807) is 25.1 Å². The summed E-state index contributed by atoms with van der Waals surface area (Å²) in [5.74, 6) is -1.84. The molecule has 0 saturated carbocycles. The highest BCUT2D eigenvalue weighted by atomic mass is 16.4. The molecule has 0 aliphatic heterocycles. The van der Waals surface area contributed by atoms with Crippen molar-refractivity contribution in [2.75, 3.05) is 5.32 Å². The standard InChI is InChI=1S/C21H29N3O4/c1-3-4-5-6-7-8-12-20(26)24-23-16(2)17-10-9-11-18(15-17)22-19(25)13-14-21(27)28/h9-11,13-15H,3-8,12H2,1-2H3,(H,22,25)(H,24,26)(H,27,28)/b14-13+,23-16+. The van der Waals surface area contributed by atoms with Crippen LogP contribution < -0.4 is 10.7 Å². The zero-order chi connectivity index (χ0) is 20.8. The van der Waals surface area contributed by atoms with Crippen molar-refractivity contribution in [3.63, 3.8) is 0 Å². The van der Waals surface area contributed by atoms with Gasteiger partial charge < -0.3 is 10.4 Å². The second-order valence-electron chi connectivity index (χ2n) is 6.49. The van der Waals surface area contributed by atoms with E-state index in [0.717, 1.165) is 37.0 Å². The normalized spacial score (nSPS) is 11.4. The first-order valence-electron chi connectivity index (χ1n) is 9.58. The Morgan fingerprint density at radius 3 is 2.50 bits per heavy atom. The smallest absolute Gasteiger partial charge is 0.328 e. The first kappa shape index (κ1) is 23.1. The van der Waals surface area contributed by atoms with Crippen LogP contribution in [0.25, 0.3) is 0 Å². The number of nitrogens with one attached hydrogen (secondary N) is 2. The molecule has 0 aliphatic rings. The minimum atomic E-state index is -1.19. The molecule has 0 spiro atoms. The number of benzene rings is 1. The molecule has 1 rings (SSSR count). The summed E-state index contributed by atoms with van der Waals surface area (Å²) in [6.45, 7) is 3.93. The van der Waals surface area contributed by atoms with Crippen LogP contribution in [-0.2, 0) is 14.4 Å². The van der Waals surface area contributed by atoms with Crippen molar-refractivity contribution in [2.24, 2.45) is 5.10 Å². The van der Waals surface area contributed by atoms with Crippen molar-refractivity contribution >= 4 is 29.2 Å². The summed E-state index contributed by atoms with van der Waals surface area (Å²) in [6, 6.07) is 6.93. The highest BCUT2D eigenvalue weighted by Gasteiger charge is 2.04. The van der Waals surface area contributed by atoms with Gasteiger partial charge in [0.05, 0.1) is 5.71 Å². The van der Waals surface area contributed by atoms with E-state index in [0.29, 0.717) is 17.8 Å². The lowest BCUT2D eigenvalue weighted by molar-refractivity contribution is -0.131. The third-order valence-corrected chi connectivity index (χ3v) is 4.03. The average molecular weight is 387 g/mol. The molecule has 0 atom stereocenters. The van der Waals surface area contributed by atoms with Crippen LogP contribution in [0.2, 0.25) is 0 Å². The van der Waals surface area contributed by atoms with Gasteiger partial charge in [-0.25, -0.2) is 10.2 Å². The van der Waals surface area contributed by atoms with Crippen LogP contribution in [0.3, 0.4) is 0 Å². The summed E-state index contributed by atoms with van der Waals surface area (Å²) in [6.07, 6.45) is 8.89. The molecule has 0 radical (unpaired) electrons. The molecule has 2 amide bonds. The second-order valence-corrected chi connectivity index (χ2v) is 6.49. The molecule has 152 valence electrons. The Balaban J connectivity index is 2.50. The van der Waals surface area contributed by atoms with E-state index in [4.69, 9.17) is 5.11 Å². The summed E-state index contributed by atoms with van der Waals surface area (Å²) in [5.41, 5.74) is 4.41. The number of rotatable bonds is 12. The SMILES string of the molecule is CCCCCCCCC(=O)N/N=C(\C)c1cccc(NC(=O)/C=C/C(=O)O)c1. The van der Waals surface area contributed by atoms with Crippen molar-refractivity contribution in [1.82, 2.24) is 5.43 Å². The molecule has 1 aromatic rings. The summed E-state index contributed by atoms with van der Waals surface area (Å²) < 4.78 is 0. The quantitative estimate of drug-likeness (QED) is 0.219. The number of aliphatic carboxylic acids is 1. The van der Waals surface area contributed by atoms with E-state index >= 15 is 0 Å². The number of hydrogen-bond acceptors (Lipinski definition) is 4. The number of anilines is 1. The summed E-state index contributed by atoms with van der Waals surface area (Å²) in [4.78, 5) is 34.0. The first-order chi connectivity index (χ1) is 13.4. The van der Waals surface area contributed by atoms with Gasteiger partial charge >= 0.3 is 5.97 Å². The van der Waals surface area contributed by atoms with Gasteiger partial charge in [0, 0.05) is 24.3 Å². The van der Waals surface area contributed by atoms with Gasteiger partial charge in [0.2, 0.25) is 11.8 Å². The summed E-state index contributed by atoms with van der Waals surface area (Å²) in [5, 5.41) is 15.2. The van der Waals surface area contributed by atoms with Gasteiger partial charge in [-0.3, -0.25) is 9.59 Å². The van der Waals surface area contributed by atoms with E-state index in [9.17, 15) is 14.4 Å². The van der Waals surface area contributed by atoms with Crippen molar-refractivity contribution in [2.45, 2.75) is 58.8 Å². The lowest BCUT2D eigenvalue weighted by Gasteiger charge is -2.06. The van der Waals surface area contributed by atoms with E-state index in [1.165, 1.54) is 19.3 Å². The molecule has 0 aromatic heterocycles. The largest absolute Gasteiger partial charge is 0.478 e. The van der Waals surface area contributed by atoms with Crippen molar-refractivity contribution in [3.8, 4) is 0 Å². The fourth-order valence-corrected chi connectivity index (χ4v) is 2.49. The molecular weight excluding hydrogens is 358 g/mol. The van der Waals surface area contributed by atoms with Crippen LogP contribution in [-0.4, -0.2) is 28.6 Å². The van der Waals surface area contributed by atoms with Gasteiger partial charge in [-0.2, -0.15) is 5.10 Å². The molecule has 0 saturated heterocycles. The maximum Gasteiger partial charge on any atom is 0.328 e. The maximum absolute atomic E-state index is 11.9. The number of carboxylic acid groups (broad SMARTS) is 1. The number of amides is 2. The molecular formula is C21H29N3O4. The van der Waals surface area contributed by atoms with Crippen LogP contribution in [0.4, 0.5) is 5.69 Å². The first-order valence-corrected chi connectivity index (χ1v) is 9.58. The zero-order valence-corrected chi connectivity index (χ0v) is 16.5. The summed E-state index contributed by atoms with van der Waals surface area (Å²) in [7, 11) is 0. The van der Waals surface area contributed by atoms with E-state index in [2.05, 4.69) is 22.8 Å². The Bertz CT molecular complexity index is 726. The van der Waals surface area contributed by atoms with E-state index in [1.807, 2.05) is 6.07 Å². The molecule has 0 bridgehead atoms. The Morgan fingerprint density at radius 1 is 1.07 bits per heavy atom. The highest BCUT2D eigenvalue weighted by molar-refractivity contribution is 6.04. The fourth-order valence-electron chi connectivity index (χ4n) is 2.49. The van der Waals surface area contributed by atoms with Crippen molar-refractivity contribution in [3.05, 3.63) is 42.0 Å². The average Bonchev–Trinajstić information content (AvgIpc) is 2.67. The van der Waals surface area contributed by atoms with E-state index < -0.39 is 11.9 Å². The van der Waals surface area contributed by atoms with Crippen LogP contribution in [0, 0.1) is 0 Å². The minimum Gasteiger partial charge on any atom is -0.478 e. The third-order valence-electron chi connectivity index (χ3n) is 4.03. The molecule has 28 heavy (non-hydrogen) atoms. The Kier molecular flexibility index (Phi) is 10.9. The molecule has 0 heterocycles. The Labute approximate surface area is 165 Å². The van der Waals surface area contributed by atoms with Crippen LogP contribution in [0.15, 0.2) is 41.5 Å². The predicted octanol–water partition coefficient (Wildman–Crippen LogP) is 3.86. The molecule has 1 aromatic carbocycles. The van der Waals surface area contributed by atoms with Crippen LogP contribution in [0.5, 0.6) is 0 Å². The Hall–Kier alpha value is -2.96. The number of hydrazone groups is 1. The fraction of sp³-hybridized carbons (Fsp3) is 0.429. The Morgan fingerprint density at radius 2 is 1.79 bits per heavy atom. The second kappa shape index (κ2) is 13.2. The molecule has 3 N–H and O–H groups in total. The van der Waals surface area contributed by atoms with E-state index in [-0.39, 0.29) is 5.91 Å². The zero-order valence-electron chi connectivity index (χ0n) is 16.5.